The smallest absolute Gasteiger partial charge is 0.323 e. The summed E-state index contributed by atoms with van der Waals surface area (Å²) in [4.78, 5) is 29.4. The van der Waals surface area contributed by atoms with Crippen molar-refractivity contribution in [1.82, 2.24) is 24.6 Å². The van der Waals surface area contributed by atoms with Gasteiger partial charge in [0, 0.05) is 82.0 Å². The molecule has 4 rings (SSSR count). The average molecular weight is 494 g/mol. The van der Waals surface area contributed by atoms with E-state index < -0.39 is 11.8 Å². The number of nitriles is 1. The number of aryl methyl sites for hydroxylation is 1. The summed E-state index contributed by atoms with van der Waals surface area (Å²) in [6.07, 6.45) is 3.56. The number of nitrogens with zero attached hydrogens (tertiary/aromatic N) is 7. The van der Waals surface area contributed by atoms with Crippen molar-refractivity contribution in [3.05, 3.63) is 53.6 Å². The zero-order valence-corrected chi connectivity index (χ0v) is 20.7. The lowest BCUT2D eigenvalue weighted by atomic mass is 10.1. The lowest BCUT2D eigenvalue weighted by Gasteiger charge is -2.42. The van der Waals surface area contributed by atoms with Crippen LogP contribution in [0.1, 0.15) is 11.3 Å². The number of halogens is 1. The number of pyridine rings is 1. The highest BCUT2D eigenvalue weighted by molar-refractivity contribution is 5.99. The zero-order chi connectivity index (χ0) is 25.5. The molecule has 0 radical (unpaired) electrons. The first-order valence-electron chi connectivity index (χ1n) is 12.1. The summed E-state index contributed by atoms with van der Waals surface area (Å²) in [6.45, 7) is 8.68. The second kappa shape index (κ2) is 11.8. The molecule has 2 N–H and O–H groups in total. The van der Waals surface area contributed by atoms with Crippen LogP contribution in [0.3, 0.4) is 0 Å². The van der Waals surface area contributed by atoms with Crippen LogP contribution in [-0.4, -0.2) is 96.0 Å². The van der Waals surface area contributed by atoms with Gasteiger partial charge in [-0.2, -0.15) is 5.26 Å². The second-order valence-corrected chi connectivity index (χ2v) is 9.11. The van der Waals surface area contributed by atoms with Crippen LogP contribution in [0, 0.1) is 24.2 Å². The number of nitrogens with one attached hydrogen (secondary N) is 2. The van der Waals surface area contributed by atoms with E-state index >= 15 is 4.39 Å². The van der Waals surface area contributed by atoms with E-state index in [-0.39, 0.29) is 5.69 Å². The third kappa shape index (κ3) is 6.47. The highest BCUT2D eigenvalue weighted by Crippen LogP contribution is 2.21. The quantitative estimate of drug-likeness (QED) is 0.383. The van der Waals surface area contributed by atoms with E-state index in [4.69, 9.17) is 0 Å². The number of urea groups is 1. The van der Waals surface area contributed by atoms with Gasteiger partial charge in [-0.05, 0) is 32.2 Å². The fraction of sp³-hybridized carbons (Fsp3) is 0.440. The van der Waals surface area contributed by atoms with Crippen molar-refractivity contribution in [1.29, 1.82) is 5.26 Å². The van der Waals surface area contributed by atoms with Gasteiger partial charge in [-0.3, -0.25) is 9.88 Å². The predicted molar refractivity (Wildman–Crippen MR) is 137 cm³/mol. The van der Waals surface area contributed by atoms with Crippen LogP contribution in [-0.2, 0) is 6.54 Å². The number of guanidine groups is 1. The molecule has 2 aromatic rings. The molecule has 0 bridgehead atoms. The fourth-order valence-electron chi connectivity index (χ4n) is 4.45. The van der Waals surface area contributed by atoms with E-state index in [0.29, 0.717) is 30.9 Å². The molecule has 2 aliphatic rings. The molecule has 2 fully saturated rings. The van der Waals surface area contributed by atoms with Crippen molar-refractivity contribution >= 4 is 23.4 Å². The molecule has 3 heterocycles. The van der Waals surface area contributed by atoms with Crippen LogP contribution in [0.2, 0.25) is 0 Å². The fourth-order valence-corrected chi connectivity index (χ4v) is 4.45. The van der Waals surface area contributed by atoms with Gasteiger partial charge >= 0.3 is 6.03 Å². The number of rotatable bonds is 4. The van der Waals surface area contributed by atoms with E-state index in [1.165, 1.54) is 0 Å². The number of amides is 2. The topological polar surface area (TPSA) is 103 Å². The lowest BCUT2D eigenvalue weighted by molar-refractivity contribution is 0.147. The van der Waals surface area contributed by atoms with Crippen LogP contribution >= 0.6 is 0 Å². The molecular weight excluding hydrogens is 461 g/mol. The molecule has 190 valence electrons. The van der Waals surface area contributed by atoms with Crippen molar-refractivity contribution in [2.45, 2.75) is 13.5 Å². The number of hydrogen-bond donors (Lipinski definition) is 2. The molecule has 11 heteroatoms. The van der Waals surface area contributed by atoms with E-state index in [0.717, 1.165) is 50.9 Å². The predicted octanol–water partition coefficient (Wildman–Crippen LogP) is 2.38. The van der Waals surface area contributed by atoms with E-state index in [9.17, 15) is 10.1 Å². The maximum Gasteiger partial charge on any atom is 0.323 e. The number of carbonyl (C=O) groups is 1. The van der Waals surface area contributed by atoms with Gasteiger partial charge in [0.15, 0.2) is 5.82 Å². The zero-order valence-electron chi connectivity index (χ0n) is 20.7. The van der Waals surface area contributed by atoms with Crippen molar-refractivity contribution in [3.8, 4) is 6.19 Å². The minimum absolute atomic E-state index is 0.132. The van der Waals surface area contributed by atoms with Crippen molar-refractivity contribution in [2.24, 2.45) is 4.99 Å². The summed E-state index contributed by atoms with van der Waals surface area (Å²) in [5.74, 6) is 0.295. The minimum Gasteiger partial charge on any atom is -0.339 e. The summed E-state index contributed by atoms with van der Waals surface area (Å²) < 4.78 is 15.2. The molecule has 0 spiro atoms. The number of aromatic nitrogens is 1. The molecular formula is C25H32FN9O. The van der Waals surface area contributed by atoms with Crippen LogP contribution < -0.4 is 10.6 Å². The summed E-state index contributed by atoms with van der Waals surface area (Å²) in [6, 6.07) is 7.93. The van der Waals surface area contributed by atoms with Gasteiger partial charge in [0.05, 0.1) is 5.69 Å². The Kier molecular flexibility index (Phi) is 8.30. The maximum absolute atomic E-state index is 15.2. The molecule has 1 aromatic carbocycles. The van der Waals surface area contributed by atoms with Crippen LogP contribution in [0.15, 0.2) is 41.5 Å². The Morgan fingerprint density at radius 3 is 2.44 bits per heavy atom. The van der Waals surface area contributed by atoms with Crippen molar-refractivity contribution in [2.75, 3.05) is 70.0 Å². The Morgan fingerprint density at radius 1 is 1.08 bits per heavy atom. The Hall–Kier alpha value is -3.75. The first kappa shape index (κ1) is 25.3. The van der Waals surface area contributed by atoms with Crippen LogP contribution in [0.25, 0.3) is 0 Å². The summed E-state index contributed by atoms with van der Waals surface area (Å²) in [5.41, 5.74) is 2.01. The molecule has 0 saturated carbocycles. The first-order chi connectivity index (χ1) is 17.4. The normalized spacial score (nSPS) is 17.6. The van der Waals surface area contributed by atoms with Crippen molar-refractivity contribution < 1.29 is 9.18 Å². The van der Waals surface area contributed by atoms with Gasteiger partial charge in [0.25, 0.3) is 0 Å². The standard InChI is InChI=1S/C25H32FN9O/c1-19-16-21(6-7-28-19)30-24(36)31-22-5-3-4-20(23(22)26)17-33-10-14-35(15-11-33)25(29-18-27)34-12-8-32(2)9-13-34/h3-7,16H,8-15,17H2,1-2H3,(H2,28,30,31,36)/b29-25+. The molecule has 0 aliphatic carbocycles. The number of hydrogen-bond acceptors (Lipinski definition) is 6. The number of aliphatic imine (C=N–C) groups is 1. The summed E-state index contributed by atoms with van der Waals surface area (Å²) in [7, 11) is 2.09. The first-order valence-corrected chi connectivity index (χ1v) is 12.1. The van der Waals surface area contributed by atoms with E-state index in [1.54, 1.807) is 36.5 Å². The molecule has 2 saturated heterocycles. The van der Waals surface area contributed by atoms with Gasteiger partial charge in [-0.25, -0.2) is 9.18 Å². The van der Waals surface area contributed by atoms with Gasteiger partial charge in [0.2, 0.25) is 12.2 Å². The number of carbonyl (C=O) groups excluding carboxylic acids is 1. The molecule has 1 aromatic heterocycles. The van der Waals surface area contributed by atoms with E-state index in [2.05, 4.69) is 47.3 Å². The molecule has 0 unspecified atom stereocenters. The van der Waals surface area contributed by atoms with Gasteiger partial charge in [-0.1, -0.05) is 12.1 Å². The summed E-state index contributed by atoms with van der Waals surface area (Å²) >= 11 is 0. The Labute approximate surface area is 211 Å². The Morgan fingerprint density at radius 2 is 1.78 bits per heavy atom. The monoisotopic (exact) mass is 493 g/mol. The largest absolute Gasteiger partial charge is 0.339 e. The molecule has 2 aliphatic heterocycles. The maximum atomic E-state index is 15.2. The van der Waals surface area contributed by atoms with Gasteiger partial charge < -0.3 is 25.3 Å². The molecule has 2 amide bonds. The average Bonchev–Trinajstić information content (AvgIpc) is 2.86. The third-order valence-corrected chi connectivity index (χ3v) is 6.47. The summed E-state index contributed by atoms with van der Waals surface area (Å²) in [5, 5.41) is 14.5. The lowest BCUT2D eigenvalue weighted by Crippen LogP contribution is -2.56. The minimum atomic E-state index is -0.515. The number of anilines is 2. The Balaban J connectivity index is 1.33. The highest BCUT2D eigenvalue weighted by atomic mass is 19.1. The SMILES string of the molecule is Cc1cc(NC(=O)Nc2cccc(CN3CCN(/C(=N/C#N)N4CCN(C)CC4)CC3)c2F)ccn1. The molecule has 0 atom stereocenters. The van der Waals surface area contributed by atoms with E-state index in [1.807, 2.05) is 13.1 Å². The van der Waals surface area contributed by atoms with Gasteiger partial charge in [-0.15, -0.1) is 4.99 Å². The molecule has 36 heavy (non-hydrogen) atoms. The number of piperazine rings is 2. The van der Waals surface area contributed by atoms with Crippen molar-refractivity contribution in [3.63, 3.8) is 0 Å². The van der Waals surface area contributed by atoms with Crippen LogP contribution in [0.5, 0.6) is 0 Å². The number of benzene rings is 1. The Bertz CT molecular complexity index is 1130. The third-order valence-electron chi connectivity index (χ3n) is 6.47. The van der Waals surface area contributed by atoms with Gasteiger partial charge in [0.1, 0.15) is 0 Å². The highest BCUT2D eigenvalue weighted by Gasteiger charge is 2.26. The second-order valence-electron chi connectivity index (χ2n) is 9.11. The number of likely N-dealkylation sites (N-methyl/N-ethyl adjacent to an activating group) is 1. The molecule has 10 nitrogen and oxygen atoms in total. The van der Waals surface area contributed by atoms with Crippen LogP contribution in [0.4, 0.5) is 20.6 Å².